The normalized spacial score (nSPS) is 11.1. The summed E-state index contributed by atoms with van der Waals surface area (Å²) in [5, 5.41) is 14.0. The molecule has 0 saturated carbocycles. The molecule has 0 radical (unpaired) electrons. The van der Waals surface area contributed by atoms with Crippen molar-refractivity contribution in [1.29, 1.82) is 5.26 Å². The molecule has 0 aliphatic carbocycles. The van der Waals surface area contributed by atoms with Crippen LogP contribution < -0.4 is 0 Å². The highest BCUT2D eigenvalue weighted by molar-refractivity contribution is 9.10. The number of rotatable bonds is 5. The summed E-state index contributed by atoms with van der Waals surface area (Å²) in [6, 6.07) is 19.2. The van der Waals surface area contributed by atoms with Gasteiger partial charge in [-0.2, -0.15) is 10.4 Å². The number of hydrogen-bond acceptors (Lipinski definition) is 4. The molecule has 3 aromatic rings. The summed E-state index contributed by atoms with van der Waals surface area (Å²) in [6.45, 7) is 1.91. The van der Waals surface area contributed by atoms with Crippen molar-refractivity contribution in [3.63, 3.8) is 0 Å². The lowest BCUT2D eigenvalue weighted by Crippen LogP contribution is -2.06. The fourth-order valence-electron chi connectivity index (χ4n) is 2.54. The molecule has 1 heterocycles. The van der Waals surface area contributed by atoms with Gasteiger partial charge in [0.1, 0.15) is 11.6 Å². The van der Waals surface area contributed by atoms with E-state index in [1.54, 1.807) is 17.8 Å². The number of carbonyl (C=O) groups is 1. The van der Waals surface area contributed by atoms with Crippen LogP contribution in [-0.4, -0.2) is 22.4 Å². The van der Waals surface area contributed by atoms with E-state index in [1.165, 1.54) is 6.08 Å². The zero-order chi connectivity index (χ0) is 19.2. The Labute approximate surface area is 165 Å². The van der Waals surface area contributed by atoms with Gasteiger partial charge in [-0.25, -0.2) is 9.48 Å². The third-order valence-electron chi connectivity index (χ3n) is 3.80. The molecule has 3 rings (SSSR count). The number of nitriles is 1. The Kier molecular flexibility index (Phi) is 5.84. The van der Waals surface area contributed by atoms with Crippen LogP contribution in [0.2, 0.25) is 0 Å². The van der Waals surface area contributed by atoms with E-state index in [0.29, 0.717) is 11.3 Å². The highest BCUT2D eigenvalue weighted by atomic mass is 79.9. The first-order valence-electron chi connectivity index (χ1n) is 8.32. The Bertz CT molecular complexity index is 1020. The number of esters is 1. The third kappa shape index (κ3) is 4.33. The summed E-state index contributed by atoms with van der Waals surface area (Å²) in [7, 11) is 0. The molecule has 134 valence electrons. The number of ether oxygens (including phenoxy) is 1. The molecule has 1 aromatic heterocycles. The van der Waals surface area contributed by atoms with Gasteiger partial charge in [0.05, 0.1) is 18.0 Å². The van der Waals surface area contributed by atoms with Crippen molar-refractivity contribution in [3.05, 3.63) is 76.4 Å². The largest absolute Gasteiger partial charge is 0.462 e. The molecule has 0 aliphatic heterocycles. The molecule has 0 saturated heterocycles. The number of para-hydroxylation sites is 1. The molecule has 0 N–H and O–H groups in total. The van der Waals surface area contributed by atoms with Crippen molar-refractivity contribution in [1.82, 2.24) is 9.78 Å². The highest BCUT2D eigenvalue weighted by Crippen LogP contribution is 2.27. The van der Waals surface area contributed by atoms with E-state index in [1.807, 2.05) is 60.7 Å². The molecular formula is C21H16BrN3O2. The van der Waals surface area contributed by atoms with Gasteiger partial charge >= 0.3 is 5.97 Å². The van der Waals surface area contributed by atoms with E-state index >= 15 is 0 Å². The van der Waals surface area contributed by atoms with Crippen molar-refractivity contribution >= 4 is 28.0 Å². The molecule has 27 heavy (non-hydrogen) atoms. The lowest BCUT2D eigenvalue weighted by atomic mass is 10.1. The van der Waals surface area contributed by atoms with Crippen LogP contribution in [0, 0.1) is 11.3 Å². The van der Waals surface area contributed by atoms with Crippen molar-refractivity contribution in [3.8, 4) is 23.0 Å². The molecule has 0 aliphatic rings. The van der Waals surface area contributed by atoms with E-state index in [4.69, 9.17) is 4.74 Å². The molecule has 6 heteroatoms. The number of hydrogen-bond donors (Lipinski definition) is 0. The lowest BCUT2D eigenvalue weighted by Gasteiger charge is -2.01. The smallest absolute Gasteiger partial charge is 0.348 e. The van der Waals surface area contributed by atoms with Gasteiger partial charge in [0.25, 0.3) is 0 Å². The second kappa shape index (κ2) is 8.47. The monoisotopic (exact) mass is 421 g/mol. The second-order valence-electron chi connectivity index (χ2n) is 5.61. The summed E-state index contributed by atoms with van der Waals surface area (Å²) in [4.78, 5) is 12.0. The van der Waals surface area contributed by atoms with E-state index in [2.05, 4.69) is 21.0 Å². The van der Waals surface area contributed by atoms with Gasteiger partial charge < -0.3 is 4.74 Å². The second-order valence-corrected chi connectivity index (χ2v) is 6.53. The standard InChI is InChI=1S/C21H16BrN3O2/c1-2-27-21(26)16(13-23)12-17-14-25(19-6-4-3-5-7-19)24-20(17)15-8-10-18(22)11-9-15/h3-12,14H,2H2,1H3. The lowest BCUT2D eigenvalue weighted by molar-refractivity contribution is -0.137. The van der Waals surface area contributed by atoms with Crippen molar-refractivity contribution in [2.24, 2.45) is 0 Å². The van der Waals surface area contributed by atoms with Crippen molar-refractivity contribution < 1.29 is 9.53 Å². The van der Waals surface area contributed by atoms with Crippen LogP contribution in [0.15, 0.2) is 70.8 Å². The number of nitrogens with zero attached hydrogens (tertiary/aromatic N) is 3. The van der Waals surface area contributed by atoms with Gasteiger partial charge in [-0.1, -0.05) is 46.3 Å². The van der Waals surface area contributed by atoms with Crippen molar-refractivity contribution in [2.75, 3.05) is 6.61 Å². The van der Waals surface area contributed by atoms with E-state index in [0.717, 1.165) is 15.7 Å². The van der Waals surface area contributed by atoms with Crippen LogP contribution in [-0.2, 0) is 9.53 Å². The summed E-state index contributed by atoms with van der Waals surface area (Å²) < 4.78 is 7.64. The molecular weight excluding hydrogens is 406 g/mol. The van der Waals surface area contributed by atoms with Gasteiger partial charge in [0.2, 0.25) is 0 Å². The molecule has 0 unspecified atom stereocenters. The van der Waals surface area contributed by atoms with Gasteiger partial charge in [-0.15, -0.1) is 0 Å². The maximum Gasteiger partial charge on any atom is 0.348 e. The predicted molar refractivity (Wildman–Crippen MR) is 107 cm³/mol. The Morgan fingerprint density at radius 3 is 2.56 bits per heavy atom. The van der Waals surface area contributed by atoms with Gasteiger partial charge in [0.15, 0.2) is 0 Å². The SMILES string of the molecule is CCOC(=O)C(C#N)=Cc1cn(-c2ccccc2)nc1-c1ccc(Br)cc1. The third-order valence-corrected chi connectivity index (χ3v) is 4.33. The molecule has 0 amide bonds. The average molecular weight is 422 g/mol. The minimum atomic E-state index is -0.644. The van der Waals surface area contributed by atoms with Gasteiger partial charge in [0, 0.05) is 21.8 Å². The van der Waals surface area contributed by atoms with E-state index in [9.17, 15) is 10.1 Å². The highest BCUT2D eigenvalue weighted by Gasteiger charge is 2.15. The molecule has 5 nitrogen and oxygen atoms in total. The Morgan fingerprint density at radius 1 is 1.22 bits per heavy atom. The quantitative estimate of drug-likeness (QED) is 0.338. The van der Waals surface area contributed by atoms with Crippen LogP contribution in [0.25, 0.3) is 23.0 Å². The van der Waals surface area contributed by atoms with E-state index < -0.39 is 5.97 Å². The molecule has 0 spiro atoms. The van der Waals surface area contributed by atoms with Crippen molar-refractivity contribution in [2.45, 2.75) is 6.92 Å². The number of aromatic nitrogens is 2. The molecule has 0 bridgehead atoms. The van der Waals surface area contributed by atoms with Crippen LogP contribution in [0.3, 0.4) is 0 Å². The van der Waals surface area contributed by atoms with Crippen LogP contribution in [0.4, 0.5) is 0 Å². The fraction of sp³-hybridized carbons (Fsp3) is 0.0952. The maximum atomic E-state index is 12.0. The Balaban J connectivity index is 2.13. The van der Waals surface area contributed by atoms with Crippen LogP contribution >= 0.6 is 15.9 Å². The first-order valence-corrected chi connectivity index (χ1v) is 9.11. The number of carbonyl (C=O) groups excluding carboxylic acids is 1. The summed E-state index contributed by atoms with van der Waals surface area (Å²) in [6.07, 6.45) is 3.31. The Hall–Kier alpha value is -3.17. The molecule has 0 fully saturated rings. The van der Waals surface area contributed by atoms with Gasteiger partial charge in [-0.05, 0) is 37.3 Å². The summed E-state index contributed by atoms with van der Waals surface area (Å²) in [5.74, 6) is -0.644. The zero-order valence-electron chi connectivity index (χ0n) is 14.6. The zero-order valence-corrected chi connectivity index (χ0v) is 16.2. The average Bonchev–Trinajstić information content (AvgIpc) is 3.11. The summed E-state index contributed by atoms with van der Waals surface area (Å²) >= 11 is 3.42. The van der Waals surface area contributed by atoms with Gasteiger partial charge in [-0.3, -0.25) is 0 Å². The maximum absolute atomic E-state index is 12.0. The first-order chi connectivity index (χ1) is 13.1. The fourth-order valence-corrected chi connectivity index (χ4v) is 2.80. The Morgan fingerprint density at radius 2 is 1.93 bits per heavy atom. The number of benzene rings is 2. The predicted octanol–water partition coefficient (Wildman–Crippen LogP) is 4.77. The molecule has 0 atom stereocenters. The van der Waals surface area contributed by atoms with Crippen LogP contribution in [0.1, 0.15) is 12.5 Å². The minimum Gasteiger partial charge on any atom is -0.462 e. The van der Waals surface area contributed by atoms with E-state index in [-0.39, 0.29) is 12.2 Å². The molecule has 2 aromatic carbocycles. The summed E-state index contributed by atoms with van der Waals surface area (Å²) in [5.41, 5.74) is 3.02. The first kappa shape index (κ1) is 18.6. The number of halogens is 1. The topological polar surface area (TPSA) is 67.9 Å². The van der Waals surface area contributed by atoms with Crippen LogP contribution in [0.5, 0.6) is 0 Å². The minimum absolute atomic E-state index is 0.0668.